The summed E-state index contributed by atoms with van der Waals surface area (Å²) in [7, 11) is 0. The van der Waals surface area contributed by atoms with Crippen LogP contribution in [0.2, 0.25) is 0 Å². The van der Waals surface area contributed by atoms with E-state index in [0.717, 1.165) is 57.8 Å². The smallest absolute Gasteiger partial charge is 0.306 e. The van der Waals surface area contributed by atoms with E-state index in [4.69, 9.17) is 4.74 Å². The maximum Gasteiger partial charge on any atom is 0.306 e. The van der Waals surface area contributed by atoms with Crippen LogP contribution in [0.5, 0.6) is 0 Å². The van der Waals surface area contributed by atoms with E-state index in [0.29, 0.717) is 25.7 Å². The summed E-state index contributed by atoms with van der Waals surface area (Å²) in [5.41, 5.74) is 0. The summed E-state index contributed by atoms with van der Waals surface area (Å²) in [5, 5.41) is 23.7. The maximum atomic E-state index is 13.2. The van der Waals surface area contributed by atoms with E-state index in [1.165, 1.54) is 109 Å². The number of unbranched alkanes of at least 4 members (excludes halogenated alkanes) is 22. The van der Waals surface area contributed by atoms with Crippen LogP contribution in [0.4, 0.5) is 0 Å². The van der Waals surface area contributed by atoms with Gasteiger partial charge in [0.05, 0.1) is 25.2 Å². The van der Waals surface area contributed by atoms with E-state index < -0.39 is 18.2 Å². The molecule has 6 nitrogen and oxygen atoms in total. The minimum Gasteiger partial charge on any atom is -0.462 e. The number of aliphatic hydroxyl groups is 2. The largest absolute Gasteiger partial charge is 0.462 e. The van der Waals surface area contributed by atoms with Gasteiger partial charge in [0.15, 0.2) is 0 Å². The van der Waals surface area contributed by atoms with Gasteiger partial charge in [-0.3, -0.25) is 9.59 Å². The van der Waals surface area contributed by atoms with Crippen LogP contribution in [0.15, 0.2) is 72.9 Å². The van der Waals surface area contributed by atoms with Crippen LogP contribution in [0.1, 0.15) is 220 Å². The van der Waals surface area contributed by atoms with Crippen molar-refractivity contribution in [3.8, 4) is 0 Å². The van der Waals surface area contributed by atoms with Crippen LogP contribution in [0.3, 0.4) is 0 Å². The third kappa shape index (κ3) is 40.1. The topological polar surface area (TPSA) is 95.9 Å². The molecule has 0 aliphatic carbocycles. The lowest BCUT2D eigenvalue weighted by Crippen LogP contribution is -2.46. The summed E-state index contributed by atoms with van der Waals surface area (Å²) in [6.45, 7) is 6.30. The number of amides is 1. The van der Waals surface area contributed by atoms with Gasteiger partial charge in [0.1, 0.15) is 6.10 Å². The van der Waals surface area contributed by atoms with Crippen LogP contribution < -0.4 is 5.32 Å². The van der Waals surface area contributed by atoms with Crippen LogP contribution in [-0.4, -0.2) is 46.9 Å². The first-order valence-corrected chi connectivity index (χ1v) is 24.2. The number of nitrogens with one attached hydrogen (secondary N) is 1. The van der Waals surface area contributed by atoms with Gasteiger partial charge in [-0.05, 0) is 64.2 Å². The molecule has 58 heavy (non-hydrogen) atoms. The molecule has 0 bridgehead atoms. The molecule has 0 saturated carbocycles. The number of hydrogen-bond acceptors (Lipinski definition) is 5. The third-order valence-corrected chi connectivity index (χ3v) is 10.6. The lowest BCUT2D eigenvalue weighted by atomic mass is 10.0. The second-order valence-corrected chi connectivity index (χ2v) is 16.2. The Labute approximate surface area is 358 Å². The normalized spacial score (nSPS) is 13.9. The Morgan fingerprint density at radius 2 is 0.948 bits per heavy atom. The molecule has 0 fully saturated rings. The average molecular weight is 810 g/mol. The lowest BCUT2D eigenvalue weighted by molar-refractivity contribution is -0.151. The van der Waals surface area contributed by atoms with Crippen molar-refractivity contribution in [3.63, 3.8) is 0 Å². The highest BCUT2D eigenvalue weighted by molar-refractivity contribution is 5.77. The maximum absolute atomic E-state index is 13.2. The van der Waals surface area contributed by atoms with E-state index >= 15 is 0 Å². The van der Waals surface area contributed by atoms with Gasteiger partial charge >= 0.3 is 5.97 Å². The number of allylic oxidation sites excluding steroid dienone is 12. The molecule has 3 unspecified atom stereocenters. The molecule has 0 radical (unpaired) electrons. The number of carbonyl (C=O) groups excluding carboxylic acids is 2. The molecule has 0 aromatic heterocycles. The Hall–Kier alpha value is -2.70. The lowest BCUT2D eigenvalue weighted by Gasteiger charge is -2.24. The van der Waals surface area contributed by atoms with Gasteiger partial charge in [-0.15, -0.1) is 0 Å². The average Bonchev–Trinajstić information content (AvgIpc) is 3.22. The molecule has 6 heteroatoms. The Morgan fingerprint density at radius 3 is 1.45 bits per heavy atom. The molecule has 1 amide bonds. The van der Waals surface area contributed by atoms with Crippen LogP contribution >= 0.6 is 0 Å². The van der Waals surface area contributed by atoms with Gasteiger partial charge in [-0.2, -0.15) is 0 Å². The van der Waals surface area contributed by atoms with Crippen molar-refractivity contribution in [1.82, 2.24) is 5.32 Å². The van der Waals surface area contributed by atoms with Crippen molar-refractivity contribution in [3.05, 3.63) is 72.9 Å². The minimum absolute atomic E-state index is 0.0408. The van der Waals surface area contributed by atoms with Crippen molar-refractivity contribution in [2.75, 3.05) is 6.61 Å². The summed E-state index contributed by atoms with van der Waals surface area (Å²) in [6.07, 6.45) is 56.8. The fourth-order valence-corrected chi connectivity index (χ4v) is 6.98. The summed E-state index contributed by atoms with van der Waals surface area (Å²) >= 11 is 0. The van der Waals surface area contributed by atoms with Crippen LogP contribution in [0.25, 0.3) is 0 Å². The Kier molecular flexibility index (Phi) is 43.3. The van der Waals surface area contributed by atoms with E-state index in [1.54, 1.807) is 0 Å². The molecular formula is C52H91NO5. The zero-order valence-corrected chi connectivity index (χ0v) is 37.9. The summed E-state index contributed by atoms with van der Waals surface area (Å²) in [6, 6.07) is -0.720. The van der Waals surface area contributed by atoms with Crippen molar-refractivity contribution in [1.29, 1.82) is 0 Å². The first-order valence-electron chi connectivity index (χ1n) is 24.2. The Balaban J connectivity index is 4.73. The molecule has 0 rings (SSSR count). The van der Waals surface area contributed by atoms with Crippen molar-refractivity contribution in [2.45, 2.75) is 238 Å². The molecule has 0 spiro atoms. The number of esters is 1. The Bertz CT molecular complexity index is 1090. The van der Waals surface area contributed by atoms with Gasteiger partial charge in [-0.1, -0.05) is 216 Å². The standard InChI is InChI=1S/C52H91NO5/c1-4-7-10-13-16-19-22-24-25-27-29-31-34-37-40-43-48(58-52(57)45-42-39-36-33-30-26-23-20-17-14-11-8-5-2)46-51(56)53-49(47-54)50(55)44-41-38-35-32-28-21-18-15-12-9-6-3/h8,11,14,17,20,23-26,30,33,36,48-50,54-55H,4-7,9-10,12-13,15-16,18-19,21-22,27-29,31-32,34-35,37-47H2,1-3H3,(H,53,56)/b11-8+,17-14+,23-20-,25-24+,30-26-,36-33+. The zero-order chi connectivity index (χ0) is 42.4. The van der Waals surface area contributed by atoms with Crippen molar-refractivity contribution in [2.24, 2.45) is 0 Å². The van der Waals surface area contributed by atoms with Crippen LogP contribution in [0, 0.1) is 0 Å². The molecule has 0 aliphatic rings. The SMILES string of the molecule is CC/C=C/C=C/C=C\C=C/C=C/CCCC(=O)OC(CCCCCCC/C=C/CCCCCCCC)CC(=O)NC(CO)C(O)CCCCCCCCCCCCC. The van der Waals surface area contributed by atoms with Crippen molar-refractivity contribution < 1.29 is 24.5 Å². The quantitative estimate of drug-likeness (QED) is 0.0247. The number of aliphatic hydroxyl groups excluding tert-OH is 2. The fraction of sp³-hybridized carbons (Fsp3) is 0.731. The van der Waals surface area contributed by atoms with E-state index in [1.807, 2.05) is 54.7 Å². The second-order valence-electron chi connectivity index (χ2n) is 16.2. The summed E-state index contributed by atoms with van der Waals surface area (Å²) in [4.78, 5) is 26.0. The first kappa shape index (κ1) is 55.3. The van der Waals surface area contributed by atoms with Gasteiger partial charge in [0, 0.05) is 6.42 Å². The fourth-order valence-electron chi connectivity index (χ4n) is 6.98. The molecule has 0 saturated heterocycles. The highest BCUT2D eigenvalue weighted by Crippen LogP contribution is 2.17. The second kappa shape index (κ2) is 45.4. The highest BCUT2D eigenvalue weighted by atomic mass is 16.5. The molecule has 3 atom stereocenters. The Morgan fingerprint density at radius 1 is 0.517 bits per heavy atom. The molecule has 0 aliphatic heterocycles. The predicted molar refractivity (Wildman–Crippen MR) is 250 cm³/mol. The molecule has 0 heterocycles. The van der Waals surface area contributed by atoms with Crippen molar-refractivity contribution >= 4 is 11.9 Å². The van der Waals surface area contributed by atoms with Gasteiger partial charge in [0.2, 0.25) is 5.91 Å². The van der Waals surface area contributed by atoms with E-state index in [9.17, 15) is 19.8 Å². The third-order valence-electron chi connectivity index (χ3n) is 10.6. The van der Waals surface area contributed by atoms with E-state index in [-0.39, 0.29) is 24.9 Å². The van der Waals surface area contributed by atoms with Gasteiger partial charge < -0.3 is 20.3 Å². The highest BCUT2D eigenvalue weighted by Gasteiger charge is 2.24. The monoisotopic (exact) mass is 810 g/mol. The van der Waals surface area contributed by atoms with E-state index in [2.05, 4.69) is 44.3 Å². The van der Waals surface area contributed by atoms with Gasteiger partial charge in [0.25, 0.3) is 0 Å². The zero-order valence-electron chi connectivity index (χ0n) is 37.9. The number of ether oxygens (including phenoxy) is 1. The molecule has 3 N–H and O–H groups in total. The molecular weight excluding hydrogens is 719 g/mol. The first-order chi connectivity index (χ1) is 28.5. The number of carbonyl (C=O) groups is 2. The molecule has 0 aromatic carbocycles. The molecule has 0 aromatic rings. The summed E-state index contributed by atoms with van der Waals surface area (Å²) < 4.78 is 5.87. The van der Waals surface area contributed by atoms with Crippen LogP contribution in [-0.2, 0) is 14.3 Å². The number of rotatable bonds is 42. The predicted octanol–water partition coefficient (Wildman–Crippen LogP) is 14.2. The molecule has 334 valence electrons. The van der Waals surface area contributed by atoms with Gasteiger partial charge in [-0.25, -0.2) is 0 Å². The summed E-state index contributed by atoms with van der Waals surface area (Å²) in [5.74, 6) is -0.573. The minimum atomic E-state index is -0.803. The number of hydrogen-bond donors (Lipinski definition) is 3.